The van der Waals surface area contributed by atoms with E-state index in [2.05, 4.69) is 0 Å². The molecule has 1 saturated heterocycles. The highest BCUT2D eigenvalue weighted by Crippen LogP contribution is 2.23. The van der Waals surface area contributed by atoms with Crippen LogP contribution < -0.4 is 5.73 Å². The third-order valence-corrected chi connectivity index (χ3v) is 3.87. The van der Waals surface area contributed by atoms with Gasteiger partial charge in [0.1, 0.15) is 0 Å². The number of rotatable bonds is 1. The lowest BCUT2D eigenvalue weighted by molar-refractivity contribution is 0.0438. The number of carbonyl (C=O) groups is 1. The third kappa shape index (κ3) is 3.26. The van der Waals surface area contributed by atoms with Gasteiger partial charge in [-0.2, -0.15) is 0 Å². The maximum atomic E-state index is 12.4. The molecule has 0 bridgehead atoms. The van der Waals surface area contributed by atoms with E-state index in [4.69, 9.17) is 5.73 Å². The lowest BCUT2D eigenvalue weighted by Gasteiger charge is -2.22. The van der Waals surface area contributed by atoms with Gasteiger partial charge in [-0.15, -0.1) is 0 Å². The number of hydrogen-bond acceptors (Lipinski definition) is 3. The van der Waals surface area contributed by atoms with Crippen molar-refractivity contribution in [1.82, 2.24) is 4.90 Å². The number of aryl methyl sites for hydroxylation is 1. The smallest absolute Gasteiger partial charge is 0.253 e. The van der Waals surface area contributed by atoms with Crippen LogP contribution in [0.3, 0.4) is 0 Å². The predicted octanol–water partition coefficient (Wildman–Crippen LogP) is 1.95. The van der Waals surface area contributed by atoms with E-state index in [0.717, 1.165) is 18.4 Å². The van der Waals surface area contributed by atoms with Crippen molar-refractivity contribution >= 4 is 11.6 Å². The minimum atomic E-state index is -0.647. The van der Waals surface area contributed by atoms with E-state index < -0.39 is 5.60 Å². The monoisotopic (exact) mass is 262 g/mol. The molecule has 104 valence electrons. The molecular weight excluding hydrogens is 240 g/mol. The van der Waals surface area contributed by atoms with Gasteiger partial charge < -0.3 is 15.7 Å². The molecule has 1 aromatic carbocycles. The average Bonchev–Trinajstić information content (AvgIpc) is 2.53. The molecule has 1 aromatic rings. The number of nitrogen functional groups attached to an aromatic ring is 1. The number of hydrogen-bond donors (Lipinski definition) is 2. The average molecular weight is 262 g/mol. The Kier molecular flexibility index (Phi) is 3.80. The van der Waals surface area contributed by atoms with Crippen LogP contribution in [0.25, 0.3) is 0 Å². The summed E-state index contributed by atoms with van der Waals surface area (Å²) < 4.78 is 0. The highest BCUT2D eigenvalue weighted by atomic mass is 16.3. The Hall–Kier alpha value is -1.55. The van der Waals surface area contributed by atoms with E-state index in [1.807, 2.05) is 24.8 Å². The molecule has 0 radical (unpaired) electrons. The summed E-state index contributed by atoms with van der Waals surface area (Å²) in [4.78, 5) is 14.3. The van der Waals surface area contributed by atoms with Crippen molar-refractivity contribution in [2.24, 2.45) is 0 Å². The SMILES string of the molecule is Cc1cc(C(=O)N2CCCC(C)(O)CC2)ccc1N. The normalized spacial score (nSPS) is 24.1. The summed E-state index contributed by atoms with van der Waals surface area (Å²) in [5, 5.41) is 10.1. The van der Waals surface area contributed by atoms with Crippen molar-refractivity contribution in [3.8, 4) is 0 Å². The lowest BCUT2D eigenvalue weighted by Crippen LogP contribution is -2.33. The minimum absolute atomic E-state index is 0.0285. The molecule has 0 saturated carbocycles. The van der Waals surface area contributed by atoms with Crippen molar-refractivity contribution in [2.75, 3.05) is 18.8 Å². The third-order valence-electron chi connectivity index (χ3n) is 3.87. The second kappa shape index (κ2) is 5.21. The molecule has 1 aliphatic heterocycles. The maximum Gasteiger partial charge on any atom is 0.253 e. The van der Waals surface area contributed by atoms with Gasteiger partial charge in [0.25, 0.3) is 5.91 Å². The van der Waals surface area contributed by atoms with E-state index in [9.17, 15) is 9.90 Å². The molecule has 3 N–H and O–H groups in total. The molecule has 4 nitrogen and oxygen atoms in total. The van der Waals surface area contributed by atoms with Gasteiger partial charge >= 0.3 is 0 Å². The van der Waals surface area contributed by atoms with Gasteiger partial charge in [-0.3, -0.25) is 4.79 Å². The zero-order chi connectivity index (χ0) is 14.0. The fourth-order valence-corrected chi connectivity index (χ4v) is 2.46. The second-order valence-electron chi connectivity index (χ2n) is 5.71. The van der Waals surface area contributed by atoms with Crippen molar-refractivity contribution in [3.05, 3.63) is 29.3 Å². The number of anilines is 1. The van der Waals surface area contributed by atoms with Crippen molar-refractivity contribution in [1.29, 1.82) is 0 Å². The van der Waals surface area contributed by atoms with E-state index in [-0.39, 0.29) is 5.91 Å². The molecule has 1 atom stereocenters. The molecule has 1 unspecified atom stereocenters. The summed E-state index contributed by atoms with van der Waals surface area (Å²) in [7, 11) is 0. The van der Waals surface area contributed by atoms with Crippen LogP contribution in [0, 0.1) is 6.92 Å². The zero-order valence-electron chi connectivity index (χ0n) is 11.6. The molecular formula is C15H22N2O2. The van der Waals surface area contributed by atoms with Gasteiger partial charge in [-0.05, 0) is 56.9 Å². The van der Waals surface area contributed by atoms with Crippen LogP contribution in [-0.2, 0) is 0 Å². The van der Waals surface area contributed by atoms with E-state index in [1.165, 1.54) is 0 Å². The lowest BCUT2D eigenvalue weighted by atomic mass is 9.98. The fourth-order valence-electron chi connectivity index (χ4n) is 2.46. The van der Waals surface area contributed by atoms with Crippen molar-refractivity contribution in [2.45, 2.75) is 38.7 Å². The first-order valence-electron chi connectivity index (χ1n) is 6.77. The number of nitrogens with zero attached hydrogens (tertiary/aromatic N) is 1. The highest BCUT2D eigenvalue weighted by molar-refractivity contribution is 5.94. The number of amides is 1. The summed E-state index contributed by atoms with van der Waals surface area (Å²) in [6.07, 6.45) is 2.22. The quantitative estimate of drug-likeness (QED) is 0.760. The van der Waals surface area contributed by atoms with E-state index in [1.54, 1.807) is 12.1 Å². The minimum Gasteiger partial charge on any atom is -0.399 e. The summed E-state index contributed by atoms with van der Waals surface area (Å²) in [6, 6.07) is 5.38. The Morgan fingerprint density at radius 2 is 2.11 bits per heavy atom. The van der Waals surface area contributed by atoms with Crippen molar-refractivity contribution in [3.63, 3.8) is 0 Å². The Balaban J connectivity index is 2.13. The molecule has 0 aliphatic carbocycles. The molecule has 1 heterocycles. The van der Waals surface area contributed by atoms with Gasteiger partial charge in [0.15, 0.2) is 0 Å². The van der Waals surface area contributed by atoms with Crippen LogP contribution in [0.2, 0.25) is 0 Å². The number of nitrogens with two attached hydrogens (primary N) is 1. The Morgan fingerprint density at radius 3 is 2.79 bits per heavy atom. The predicted molar refractivity (Wildman–Crippen MR) is 76.0 cm³/mol. The molecule has 2 rings (SSSR count). The first-order chi connectivity index (χ1) is 8.89. The van der Waals surface area contributed by atoms with Crippen LogP contribution in [0.5, 0.6) is 0 Å². The Morgan fingerprint density at radius 1 is 1.37 bits per heavy atom. The first-order valence-corrected chi connectivity index (χ1v) is 6.77. The molecule has 1 fully saturated rings. The van der Waals surface area contributed by atoms with Gasteiger partial charge in [0.2, 0.25) is 0 Å². The number of benzene rings is 1. The molecule has 0 aromatic heterocycles. The first kappa shape index (κ1) is 13.9. The van der Waals surface area contributed by atoms with Gasteiger partial charge in [0.05, 0.1) is 5.60 Å². The maximum absolute atomic E-state index is 12.4. The van der Waals surface area contributed by atoms with Gasteiger partial charge in [-0.25, -0.2) is 0 Å². The number of aliphatic hydroxyl groups is 1. The van der Waals surface area contributed by atoms with Crippen LogP contribution in [0.1, 0.15) is 42.1 Å². The standard InChI is InChI=1S/C15H22N2O2/c1-11-10-12(4-5-13(11)16)14(18)17-8-3-6-15(2,19)7-9-17/h4-5,10,19H,3,6-9,16H2,1-2H3. The highest BCUT2D eigenvalue weighted by Gasteiger charge is 2.27. The van der Waals surface area contributed by atoms with Crippen LogP contribution in [0.15, 0.2) is 18.2 Å². The molecule has 0 spiro atoms. The van der Waals surface area contributed by atoms with Crippen LogP contribution >= 0.6 is 0 Å². The molecule has 1 aliphatic rings. The van der Waals surface area contributed by atoms with Gasteiger partial charge in [-0.1, -0.05) is 0 Å². The van der Waals surface area contributed by atoms with Crippen LogP contribution in [0.4, 0.5) is 5.69 Å². The summed E-state index contributed by atoms with van der Waals surface area (Å²) >= 11 is 0. The summed E-state index contributed by atoms with van der Waals surface area (Å²) in [5.41, 5.74) is 7.43. The topological polar surface area (TPSA) is 66.6 Å². The molecule has 1 amide bonds. The molecule has 4 heteroatoms. The van der Waals surface area contributed by atoms with E-state index in [0.29, 0.717) is 30.8 Å². The van der Waals surface area contributed by atoms with Crippen molar-refractivity contribution < 1.29 is 9.90 Å². The van der Waals surface area contributed by atoms with Gasteiger partial charge in [0, 0.05) is 24.3 Å². The number of carbonyl (C=O) groups excluding carboxylic acids is 1. The Bertz CT molecular complexity index is 483. The largest absolute Gasteiger partial charge is 0.399 e. The van der Waals surface area contributed by atoms with Crippen LogP contribution in [-0.4, -0.2) is 34.6 Å². The second-order valence-corrected chi connectivity index (χ2v) is 5.71. The molecule has 19 heavy (non-hydrogen) atoms. The number of likely N-dealkylation sites (tertiary alicyclic amines) is 1. The summed E-state index contributed by atoms with van der Waals surface area (Å²) in [6.45, 7) is 5.06. The zero-order valence-corrected chi connectivity index (χ0v) is 11.6. The Labute approximate surface area is 114 Å². The fraction of sp³-hybridized carbons (Fsp3) is 0.533. The summed E-state index contributed by atoms with van der Waals surface area (Å²) in [5.74, 6) is 0.0285. The van der Waals surface area contributed by atoms with E-state index >= 15 is 0 Å².